The van der Waals surface area contributed by atoms with Crippen molar-refractivity contribution < 1.29 is 24.0 Å². The Bertz CT molecular complexity index is 516. The van der Waals surface area contributed by atoms with Crippen molar-refractivity contribution in [3.63, 3.8) is 0 Å². The molecule has 2 heterocycles. The van der Waals surface area contributed by atoms with E-state index in [2.05, 4.69) is 5.16 Å². The Hall–Kier alpha value is -2.09. The summed E-state index contributed by atoms with van der Waals surface area (Å²) in [7, 11) is 0. The minimum absolute atomic E-state index is 0.172. The molecule has 2 unspecified atom stereocenters. The summed E-state index contributed by atoms with van der Waals surface area (Å²) in [5, 5.41) is 13.0. The standard InChI is InChI=1S/C13H19N3O5/c1-2-20-12(17)9(14)6-8-7-10(15-21-8)11-4-3-5-16(11)13(18)19/h7,9,11H,2-6,14H2,1H3,(H,18,19). The molecular formula is C13H19N3O5. The molecule has 1 aliphatic rings. The lowest BCUT2D eigenvalue weighted by Crippen LogP contribution is -2.34. The molecule has 1 aliphatic heterocycles. The van der Waals surface area contributed by atoms with E-state index < -0.39 is 18.1 Å². The van der Waals surface area contributed by atoms with Gasteiger partial charge in [-0.05, 0) is 19.8 Å². The highest BCUT2D eigenvalue weighted by molar-refractivity contribution is 5.75. The maximum Gasteiger partial charge on any atom is 0.407 e. The Labute approximate surface area is 121 Å². The van der Waals surface area contributed by atoms with Gasteiger partial charge in [0.05, 0.1) is 12.6 Å². The van der Waals surface area contributed by atoms with Crippen LogP contribution in [-0.2, 0) is 16.0 Å². The van der Waals surface area contributed by atoms with E-state index >= 15 is 0 Å². The Balaban J connectivity index is 2.01. The lowest BCUT2D eigenvalue weighted by atomic mass is 10.1. The highest BCUT2D eigenvalue weighted by Crippen LogP contribution is 2.31. The summed E-state index contributed by atoms with van der Waals surface area (Å²) >= 11 is 0. The summed E-state index contributed by atoms with van der Waals surface area (Å²) in [6.07, 6.45) is 0.709. The van der Waals surface area contributed by atoms with E-state index in [1.54, 1.807) is 13.0 Å². The zero-order valence-electron chi connectivity index (χ0n) is 11.8. The predicted octanol–water partition coefficient (Wildman–Crippen LogP) is 0.922. The zero-order chi connectivity index (χ0) is 15.4. The smallest absolute Gasteiger partial charge is 0.407 e. The quantitative estimate of drug-likeness (QED) is 0.775. The second-order valence-corrected chi connectivity index (χ2v) is 4.91. The van der Waals surface area contributed by atoms with E-state index in [-0.39, 0.29) is 19.1 Å². The molecule has 3 N–H and O–H groups in total. The Morgan fingerprint density at radius 3 is 3.10 bits per heavy atom. The van der Waals surface area contributed by atoms with Gasteiger partial charge in [-0.2, -0.15) is 0 Å². The van der Waals surface area contributed by atoms with Gasteiger partial charge in [0.15, 0.2) is 0 Å². The second kappa shape index (κ2) is 6.57. The van der Waals surface area contributed by atoms with Gasteiger partial charge in [-0.15, -0.1) is 0 Å². The van der Waals surface area contributed by atoms with Crippen LogP contribution < -0.4 is 5.73 Å². The fourth-order valence-electron chi connectivity index (χ4n) is 2.43. The molecule has 116 valence electrons. The maximum absolute atomic E-state index is 11.5. The van der Waals surface area contributed by atoms with E-state index in [4.69, 9.17) is 20.1 Å². The lowest BCUT2D eigenvalue weighted by molar-refractivity contribution is -0.144. The fourth-order valence-corrected chi connectivity index (χ4v) is 2.43. The summed E-state index contributed by atoms with van der Waals surface area (Å²) in [5.41, 5.74) is 6.26. The molecule has 0 saturated carbocycles. The van der Waals surface area contributed by atoms with Gasteiger partial charge in [-0.25, -0.2) is 4.79 Å². The molecule has 0 radical (unpaired) electrons. The predicted molar refractivity (Wildman–Crippen MR) is 71.5 cm³/mol. The number of aromatic nitrogens is 1. The van der Waals surface area contributed by atoms with Crippen molar-refractivity contribution in [3.8, 4) is 0 Å². The molecule has 1 aromatic heterocycles. The maximum atomic E-state index is 11.5. The molecule has 2 rings (SSSR count). The highest BCUT2D eigenvalue weighted by Gasteiger charge is 2.32. The van der Waals surface area contributed by atoms with E-state index in [9.17, 15) is 9.59 Å². The van der Waals surface area contributed by atoms with Gasteiger partial charge in [0.25, 0.3) is 0 Å². The van der Waals surface area contributed by atoms with Crippen LogP contribution >= 0.6 is 0 Å². The van der Waals surface area contributed by atoms with Crippen molar-refractivity contribution in [2.75, 3.05) is 13.2 Å². The van der Waals surface area contributed by atoms with Crippen LogP contribution in [-0.4, -0.2) is 46.4 Å². The van der Waals surface area contributed by atoms with E-state index in [1.165, 1.54) is 4.90 Å². The fraction of sp³-hybridized carbons (Fsp3) is 0.615. The van der Waals surface area contributed by atoms with Crippen LogP contribution in [0.3, 0.4) is 0 Å². The number of carboxylic acid groups (broad SMARTS) is 1. The van der Waals surface area contributed by atoms with Gasteiger partial charge in [0, 0.05) is 19.0 Å². The molecule has 1 amide bonds. The number of carbonyl (C=O) groups excluding carboxylic acids is 1. The topological polar surface area (TPSA) is 119 Å². The van der Waals surface area contributed by atoms with Gasteiger partial charge in [0.2, 0.25) is 0 Å². The van der Waals surface area contributed by atoms with Crippen molar-refractivity contribution in [1.82, 2.24) is 10.1 Å². The van der Waals surface area contributed by atoms with Gasteiger partial charge < -0.3 is 20.1 Å². The molecule has 21 heavy (non-hydrogen) atoms. The number of rotatable bonds is 5. The van der Waals surface area contributed by atoms with E-state index in [1.807, 2.05) is 0 Å². The van der Waals surface area contributed by atoms with Gasteiger partial charge >= 0.3 is 12.1 Å². The van der Waals surface area contributed by atoms with E-state index in [0.29, 0.717) is 24.4 Å². The van der Waals surface area contributed by atoms with Crippen LogP contribution in [0.25, 0.3) is 0 Å². The SMILES string of the molecule is CCOC(=O)C(N)Cc1cc(C2CCCN2C(=O)O)no1. The number of ether oxygens (including phenoxy) is 1. The van der Waals surface area contributed by atoms with E-state index in [0.717, 1.165) is 6.42 Å². The van der Waals surface area contributed by atoms with Crippen molar-refractivity contribution >= 4 is 12.1 Å². The second-order valence-electron chi connectivity index (χ2n) is 4.91. The number of likely N-dealkylation sites (tertiary alicyclic amines) is 1. The third-order valence-electron chi connectivity index (χ3n) is 3.43. The Morgan fingerprint density at radius 2 is 2.43 bits per heavy atom. The van der Waals surface area contributed by atoms with Gasteiger partial charge in [-0.1, -0.05) is 5.16 Å². The first-order valence-corrected chi connectivity index (χ1v) is 6.90. The average molecular weight is 297 g/mol. The number of esters is 1. The number of nitrogens with zero attached hydrogens (tertiary/aromatic N) is 2. The summed E-state index contributed by atoms with van der Waals surface area (Å²) < 4.78 is 9.97. The van der Waals surface area contributed by atoms with Crippen molar-refractivity contribution in [2.45, 2.75) is 38.3 Å². The van der Waals surface area contributed by atoms with Crippen LogP contribution in [0.2, 0.25) is 0 Å². The van der Waals surface area contributed by atoms with Crippen LogP contribution in [0.1, 0.15) is 37.3 Å². The molecule has 0 bridgehead atoms. The zero-order valence-corrected chi connectivity index (χ0v) is 11.8. The van der Waals surface area contributed by atoms with Gasteiger partial charge in [-0.3, -0.25) is 9.69 Å². The van der Waals surface area contributed by atoms with Gasteiger partial charge in [0.1, 0.15) is 17.5 Å². The summed E-state index contributed by atoms with van der Waals surface area (Å²) in [4.78, 5) is 23.9. The third-order valence-corrected chi connectivity index (χ3v) is 3.43. The largest absolute Gasteiger partial charge is 0.465 e. The number of nitrogens with two attached hydrogens (primary N) is 1. The lowest BCUT2D eigenvalue weighted by Gasteiger charge is -2.18. The molecular weight excluding hydrogens is 278 g/mol. The number of carbonyl (C=O) groups is 2. The first kappa shape index (κ1) is 15.3. The summed E-state index contributed by atoms with van der Waals surface area (Å²) in [6.45, 7) is 2.46. The van der Waals surface area contributed by atoms with Crippen LogP contribution in [0, 0.1) is 0 Å². The van der Waals surface area contributed by atoms with Crippen LogP contribution in [0.15, 0.2) is 10.6 Å². The Kier molecular flexibility index (Phi) is 4.79. The third kappa shape index (κ3) is 3.52. The first-order valence-electron chi connectivity index (χ1n) is 6.90. The average Bonchev–Trinajstić information content (AvgIpc) is 3.06. The van der Waals surface area contributed by atoms with Crippen molar-refractivity contribution in [2.24, 2.45) is 5.73 Å². The van der Waals surface area contributed by atoms with Crippen LogP contribution in [0.5, 0.6) is 0 Å². The molecule has 1 fully saturated rings. The molecule has 0 spiro atoms. The molecule has 8 heteroatoms. The normalized spacial score (nSPS) is 19.5. The summed E-state index contributed by atoms with van der Waals surface area (Å²) in [6, 6.07) is 0.550. The number of hydrogen-bond acceptors (Lipinski definition) is 6. The molecule has 0 aliphatic carbocycles. The van der Waals surface area contributed by atoms with Crippen molar-refractivity contribution in [3.05, 3.63) is 17.5 Å². The minimum Gasteiger partial charge on any atom is -0.465 e. The molecule has 0 aromatic carbocycles. The summed E-state index contributed by atoms with van der Waals surface area (Å²) in [5.74, 6) is -0.0497. The molecule has 2 atom stereocenters. The monoisotopic (exact) mass is 297 g/mol. The minimum atomic E-state index is -0.967. The molecule has 1 saturated heterocycles. The van der Waals surface area contributed by atoms with Crippen LogP contribution in [0.4, 0.5) is 4.79 Å². The highest BCUT2D eigenvalue weighted by atomic mass is 16.5. The number of amides is 1. The first-order chi connectivity index (χ1) is 10.0. The molecule has 8 nitrogen and oxygen atoms in total. The number of hydrogen-bond donors (Lipinski definition) is 2. The van der Waals surface area contributed by atoms with Crippen molar-refractivity contribution in [1.29, 1.82) is 0 Å². The Morgan fingerprint density at radius 1 is 1.67 bits per heavy atom. The molecule has 1 aromatic rings.